The molecule has 0 saturated carbocycles. The lowest BCUT2D eigenvalue weighted by Gasteiger charge is -2.38. The maximum absolute atomic E-state index is 6.14. The molecule has 1 aliphatic heterocycles. The molecule has 1 saturated heterocycles. The zero-order valence-corrected chi connectivity index (χ0v) is 15.9. The molecule has 0 aromatic heterocycles. The maximum atomic E-state index is 6.14. The molecule has 1 heterocycles. The van der Waals surface area contributed by atoms with Crippen molar-refractivity contribution < 1.29 is 4.74 Å². The van der Waals surface area contributed by atoms with E-state index >= 15 is 0 Å². The highest BCUT2D eigenvalue weighted by atomic mass is 127. The fourth-order valence-electron chi connectivity index (χ4n) is 1.91. The fraction of sp³-hybridized carbons (Fsp3) is 0.500. The van der Waals surface area contributed by atoms with Crippen molar-refractivity contribution in [1.29, 1.82) is 0 Å². The van der Waals surface area contributed by atoms with Crippen molar-refractivity contribution in [1.82, 2.24) is 10.6 Å². The minimum atomic E-state index is 0. The molecule has 4 nitrogen and oxygen atoms in total. The smallest absolute Gasteiger partial charge is 0.191 e. The summed E-state index contributed by atoms with van der Waals surface area (Å²) in [5.74, 6) is 0.754. The summed E-state index contributed by atoms with van der Waals surface area (Å²) in [5, 5.41) is 7.83. The average Bonchev–Trinajstić information content (AvgIpc) is 2.38. The topological polar surface area (TPSA) is 45.7 Å². The van der Waals surface area contributed by atoms with Crippen LogP contribution in [0.4, 0.5) is 0 Å². The summed E-state index contributed by atoms with van der Waals surface area (Å²) in [6.07, 6.45) is 0. The van der Waals surface area contributed by atoms with Gasteiger partial charge in [0.25, 0.3) is 0 Å². The first kappa shape index (κ1) is 18.8. The summed E-state index contributed by atoms with van der Waals surface area (Å²) in [4.78, 5) is 4.20. The van der Waals surface area contributed by atoms with Crippen molar-refractivity contribution >= 4 is 53.1 Å². The molecule has 0 radical (unpaired) electrons. The number of hydrogen-bond acceptors (Lipinski definition) is 2. The van der Waals surface area contributed by atoms with E-state index < -0.39 is 0 Å². The lowest BCUT2D eigenvalue weighted by atomic mass is 9.89. The molecule has 1 aliphatic rings. The number of benzene rings is 1. The van der Waals surface area contributed by atoms with E-state index in [0.717, 1.165) is 31.3 Å². The normalized spacial score (nSPS) is 16.7. The van der Waals surface area contributed by atoms with Crippen molar-refractivity contribution in [3.05, 3.63) is 33.8 Å². The Balaban J connectivity index is 0.00000220. The SMILES string of the molecule is CN=C(NCc1ccc(Cl)cc1Cl)NCC1(C)COC1.I. The van der Waals surface area contributed by atoms with Gasteiger partial charge in [0.05, 0.1) is 13.2 Å². The van der Waals surface area contributed by atoms with Gasteiger partial charge in [-0.1, -0.05) is 36.2 Å². The molecule has 0 aliphatic carbocycles. The van der Waals surface area contributed by atoms with Crippen molar-refractivity contribution in [2.75, 3.05) is 26.8 Å². The van der Waals surface area contributed by atoms with Crippen LogP contribution in [0.3, 0.4) is 0 Å². The van der Waals surface area contributed by atoms with E-state index in [1.807, 2.05) is 12.1 Å². The van der Waals surface area contributed by atoms with Crippen LogP contribution in [0.5, 0.6) is 0 Å². The van der Waals surface area contributed by atoms with Gasteiger partial charge in [0.1, 0.15) is 0 Å². The Morgan fingerprint density at radius 3 is 2.57 bits per heavy atom. The van der Waals surface area contributed by atoms with E-state index in [0.29, 0.717) is 16.6 Å². The number of nitrogens with one attached hydrogen (secondary N) is 2. The van der Waals surface area contributed by atoms with Gasteiger partial charge in [-0.15, -0.1) is 24.0 Å². The summed E-state index contributed by atoms with van der Waals surface area (Å²) in [7, 11) is 1.75. The lowest BCUT2D eigenvalue weighted by molar-refractivity contribution is -0.0971. The zero-order chi connectivity index (χ0) is 14.6. The summed E-state index contributed by atoms with van der Waals surface area (Å²) < 4.78 is 5.23. The van der Waals surface area contributed by atoms with Crippen LogP contribution in [0.15, 0.2) is 23.2 Å². The van der Waals surface area contributed by atoms with Crippen LogP contribution in [-0.2, 0) is 11.3 Å². The first-order valence-electron chi connectivity index (χ1n) is 6.49. The van der Waals surface area contributed by atoms with Crippen LogP contribution in [-0.4, -0.2) is 32.8 Å². The largest absolute Gasteiger partial charge is 0.380 e. The first-order valence-corrected chi connectivity index (χ1v) is 7.24. The van der Waals surface area contributed by atoms with E-state index in [2.05, 4.69) is 22.5 Å². The van der Waals surface area contributed by atoms with Gasteiger partial charge in [-0.25, -0.2) is 0 Å². The molecule has 0 amide bonds. The number of halogens is 3. The Morgan fingerprint density at radius 2 is 2.05 bits per heavy atom. The summed E-state index contributed by atoms with van der Waals surface area (Å²) in [6.45, 7) is 5.21. The van der Waals surface area contributed by atoms with Crippen molar-refractivity contribution in [3.8, 4) is 0 Å². The quantitative estimate of drug-likeness (QED) is 0.426. The van der Waals surface area contributed by atoms with Gasteiger partial charge in [-0.2, -0.15) is 0 Å². The van der Waals surface area contributed by atoms with E-state index in [-0.39, 0.29) is 29.4 Å². The molecule has 7 heteroatoms. The molecule has 0 unspecified atom stereocenters. The summed E-state index contributed by atoms with van der Waals surface area (Å²) in [5.41, 5.74) is 1.19. The van der Waals surface area contributed by atoms with E-state index in [4.69, 9.17) is 27.9 Å². The lowest BCUT2D eigenvalue weighted by Crippen LogP contribution is -2.50. The van der Waals surface area contributed by atoms with Gasteiger partial charge in [0.2, 0.25) is 0 Å². The predicted molar refractivity (Wildman–Crippen MR) is 99.0 cm³/mol. The summed E-state index contributed by atoms with van der Waals surface area (Å²) >= 11 is 12.0. The summed E-state index contributed by atoms with van der Waals surface area (Å²) in [6, 6.07) is 5.47. The average molecular weight is 444 g/mol. The van der Waals surface area contributed by atoms with Crippen LogP contribution < -0.4 is 10.6 Å². The minimum Gasteiger partial charge on any atom is -0.380 e. The van der Waals surface area contributed by atoms with Gasteiger partial charge in [-0.05, 0) is 17.7 Å². The Bertz CT molecular complexity index is 507. The molecule has 0 bridgehead atoms. The molecular formula is C14H20Cl2IN3O. The van der Waals surface area contributed by atoms with Gasteiger partial charge in [0.15, 0.2) is 5.96 Å². The van der Waals surface area contributed by atoms with E-state index in [9.17, 15) is 0 Å². The predicted octanol–water partition coefficient (Wildman–Crippen LogP) is 3.31. The second-order valence-corrected chi connectivity index (χ2v) is 6.16. The highest BCUT2D eigenvalue weighted by Gasteiger charge is 2.33. The molecule has 2 rings (SSSR count). The Hall–Kier alpha value is -0.240. The molecule has 1 aromatic rings. The van der Waals surface area contributed by atoms with Gasteiger partial charge >= 0.3 is 0 Å². The zero-order valence-electron chi connectivity index (χ0n) is 12.1. The number of guanidine groups is 1. The minimum absolute atomic E-state index is 0. The van der Waals surface area contributed by atoms with Crippen LogP contribution in [0, 0.1) is 5.41 Å². The van der Waals surface area contributed by atoms with Crippen LogP contribution in [0.25, 0.3) is 0 Å². The molecule has 1 aromatic carbocycles. The highest BCUT2D eigenvalue weighted by molar-refractivity contribution is 14.0. The van der Waals surface area contributed by atoms with Crippen LogP contribution in [0.2, 0.25) is 10.0 Å². The Kier molecular flexibility index (Phi) is 7.53. The standard InChI is InChI=1S/C14H19Cl2N3O.HI/c1-14(8-20-9-14)7-19-13(17-2)18-6-10-3-4-11(15)5-12(10)16;/h3-5H,6-9H2,1-2H3,(H2,17,18,19);1H. The van der Waals surface area contributed by atoms with E-state index in [1.54, 1.807) is 13.1 Å². The van der Waals surface area contributed by atoms with Gasteiger partial charge in [-0.3, -0.25) is 4.99 Å². The Morgan fingerprint density at radius 1 is 1.33 bits per heavy atom. The number of nitrogens with zero attached hydrogens (tertiary/aromatic N) is 1. The van der Waals surface area contributed by atoms with Crippen molar-refractivity contribution in [3.63, 3.8) is 0 Å². The highest BCUT2D eigenvalue weighted by Crippen LogP contribution is 2.25. The molecule has 0 atom stereocenters. The third-order valence-electron chi connectivity index (χ3n) is 3.27. The monoisotopic (exact) mass is 443 g/mol. The van der Waals surface area contributed by atoms with Crippen LogP contribution in [0.1, 0.15) is 12.5 Å². The second kappa shape index (κ2) is 8.41. The Labute approximate surface area is 152 Å². The number of hydrogen-bond donors (Lipinski definition) is 2. The van der Waals surface area contributed by atoms with Crippen molar-refractivity contribution in [2.45, 2.75) is 13.5 Å². The number of ether oxygens (including phenoxy) is 1. The number of aliphatic imine (C=N–C) groups is 1. The van der Waals surface area contributed by atoms with Crippen molar-refractivity contribution in [2.24, 2.45) is 10.4 Å². The third-order valence-corrected chi connectivity index (χ3v) is 3.86. The second-order valence-electron chi connectivity index (χ2n) is 5.32. The molecule has 118 valence electrons. The molecule has 21 heavy (non-hydrogen) atoms. The first-order chi connectivity index (χ1) is 9.52. The van der Waals surface area contributed by atoms with Gasteiger partial charge in [0, 0.05) is 35.6 Å². The molecule has 2 N–H and O–H groups in total. The molecule has 0 spiro atoms. The maximum Gasteiger partial charge on any atom is 0.191 e. The number of rotatable bonds is 4. The molecular weight excluding hydrogens is 424 g/mol. The fourth-order valence-corrected chi connectivity index (χ4v) is 2.39. The third kappa shape index (κ3) is 5.47. The van der Waals surface area contributed by atoms with Crippen LogP contribution >= 0.6 is 47.2 Å². The van der Waals surface area contributed by atoms with E-state index in [1.165, 1.54) is 0 Å². The molecule has 1 fully saturated rings. The van der Waals surface area contributed by atoms with Gasteiger partial charge < -0.3 is 15.4 Å².